The van der Waals surface area contributed by atoms with E-state index in [0.29, 0.717) is 34.2 Å². The number of pyridine rings is 2. The van der Waals surface area contributed by atoms with Crippen molar-refractivity contribution >= 4 is 27.6 Å². The van der Waals surface area contributed by atoms with Gasteiger partial charge in [0, 0.05) is 41.9 Å². The molecule has 2 aromatic carbocycles. The number of fused-ring (bicyclic) bond motifs is 2. The Hall–Kier alpha value is -4.27. The molecule has 3 heterocycles. The average Bonchev–Trinajstić information content (AvgIpc) is 3.56. The fraction of sp³-hybridized carbons (Fsp3) is 0.192. The Morgan fingerprint density at radius 3 is 2.57 bits per heavy atom. The van der Waals surface area contributed by atoms with Crippen LogP contribution in [0.2, 0.25) is 0 Å². The minimum atomic E-state index is -2.92. The summed E-state index contributed by atoms with van der Waals surface area (Å²) in [5.41, 5.74) is 2.75. The Labute approximate surface area is 198 Å². The molecule has 0 radical (unpaired) electrons. The molecule has 0 unspecified atom stereocenters. The van der Waals surface area contributed by atoms with Gasteiger partial charge in [-0.15, -0.1) is 0 Å². The van der Waals surface area contributed by atoms with Crippen LogP contribution in [-0.4, -0.2) is 32.0 Å². The fourth-order valence-electron chi connectivity index (χ4n) is 4.25. The molecule has 35 heavy (non-hydrogen) atoms. The Bertz CT molecular complexity index is 1620. The average molecular weight is 473 g/mol. The van der Waals surface area contributed by atoms with Crippen molar-refractivity contribution in [3.05, 3.63) is 77.3 Å². The summed E-state index contributed by atoms with van der Waals surface area (Å²) in [7, 11) is 1.85. The Balaban J connectivity index is 1.55. The van der Waals surface area contributed by atoms with E-state index in [2.05, 4.69) is 15.2 Å². The smallest absolute Gasteiger partial charge is 0.387 e. The summed E-state index contributed by atoms with van der Waals surface area (Å²) in [5, 5.41) is 9.46. The number of ether oxygens (including phenoxy) is 1. The van der Waals surface area contributed by atoms with Crippen LogP contribution in [0.25, 0.3) is 38.6 Å². The van der Waals surface area contributed by atoms with Gasteiger partial charge in [-0.25, -0.2) is 4.98 Å². The number of nitrogens with one attached hydrogen (secondary N) is 1. The second-order valence-corrected chi connectivity index (χ2v) is 8.68. The predicted octanol–water partition coefficient (Wildman–Crippen LogP) is 5.12. The van der Waals surface area contributed by atoms with Crippen LogP contribution in [0.1, 0.15) is 12.8 Å². The summed E-state index contributed by atoms with van der Waals surface area (Å²) in [5.74, 6) is 0.725. The molecule has 3 aromatic heterocycles. The number of benzene rings is 2. The lowest BCUT2D eigenvalue weighted by molar-refractivity contribution is -0.0498. The third-order valence-corrected chi connectivity index (χ3v) is 6.04. The van der Waals surface area contributed by atoms with Crippen LogP contribution in [0.3, 0.4) is 0 Å². The van der Waals surface area contributed by atoms with E-state index in [9.17, 15) is 13.6 Å². The van der Waals surface area contributed by atoms with Gasteiger partial charge in [-0.1, -0.05) is 12.1 Å². The van der Waals surface area contributed by atoms with Gasteiger partial charge in [0.2, 0.25) is 0 Å². The standard InChI is InChI=1S/C26H21F2N5O2/c1-32-13-17-12-19(7-10-21(17)31-32)33-14-16-4-11-22(29-18-5-6-18)30-24(16)23(25(33)34)15-2-8-20(9-3-15)35-26(27)28/h2-4,7-14,18,26H,5-6H2,1H3,(H,29,30). The SMILES string of the molecule is Cn1cc2cc(-n3cc4ccc(NC5CC5)nc4c(-c4ccc(OC(F)F)cc4)c3=O)ccc2n1. The van der Waals surface area contributed by atoms with Crippen molar-refractivity contribution in [2.24, 2.45) is 7.05 Å². The zero-order chi connectivity index (χ0) is 24.1. The predicted molar refractivity (Wildman–Crippen MR) is 130 cm³/mol. The molecule has 176 valence electrons. The van der Waals surface area contributed by atoms with Crippen molar-refractivity contribution in [3.8, 4) is 22.6 Å². The van der Waals surface area contributed by atoms with Crippen LogP contribution in [0.4, 0.5) is 14.6 Å². The van der Waals surface area contributed by atoms with E-state index in [-0.39, 0.29) is 11.3 Å². The summed E-state index contributed by atoms with van der Waals surface area (Å²) in [6.07, 6.45) is 5.86. The number of alkyl halides is 2. The van der Waals surface area contributed by atoms with Gasteiger partial charge >= 0.3 is 6.61 Å². The highest BCUT2D eigenvalue weighted by atomic mass is 19.3. The molecule has 1 fully saturated rings. The summed E-state index contributed by atoms with van der Waals surface area (Å²) in [4.78, 5) is 18.6. The van der Waals surface area contributed by atoms with Gasteiger partial charge in [0.05, 0.1) is 16.6 Å². The van der Waals surface area contributed by atoms with Gasteiger partial charge in [-0.3, -0.25) is 14.0 Å². The second kappa shape index (κ2) is 8.19. The molecule has 0 aliphatic heterocycles. The number of nitrogens with zero attached hydrogens (tertiary/aromatic N) is 4. The van der Waals surface area contributed by atoms with E-state index in [0.717, 1.165) is 29.1 Å². The molecule has 0 amide bonds. The number of halogens is 2. The van der Waals surface area contributed by atoms with Crippen molar-refractivity contribution < 1.29 is 13.5 Å². The molecular weight excluding hydrogens is 452 g/mol. The minimum Gasteiger partial charge on any atom is -0.435 e. The number of rotatable bonds is 6. The zero-order valence-corrected chi connectivity index (χ0v) is 18.8. The molecule has 0 spiro atoms. The molecule has 7 nitrogen and oxygen atoms in total. The highest BCUT2D eigenvalue weighted by Gasteiger charge is 2.22. The van der Waals surface area contributed by atoms with Crippen molar-refractivity contribution in [2.45, 2.75) is 25.5 Å². The third-order valence-electron chi connectivity index (χ3n) is 6.04. The minimum absolute atomic E-state index is 0.0235. The number of aryl methyl sites for hydroxylation is 1. The first-order valence-electron chi connectivity index (χ1n) is 11.3. The van der Waals surface area contributed by atoms with Crippen molar-refractivity contribution in [1.82, 2.24) is 19.3 Å². The monoisotopic (exact) mass is 473 g/mol. The second-order valence-electron chi connectivity index (χ2n) is 8.68. The number of hydrogen-bond donors (Lipinski definition) is 1. The summed E-state index contributed by atoms with van der Waals surface area (Å²) in [6.45, 7) is -2.92. The Morgan fingerprint density at radius 1 is 1.03 bits per heavy atom. The van der Waals surface area contributed by atoms with Gasteiger partial charge in [0.15, 0.2) is 0 Å². The van der Waals surface area contributed by atoms with Crippen LogP contribution in [0.15, 0.2) is 71.8 Å². The lowest BCUT2D eigenvalue weighted by Crippen LogP contribution is -2.20. The molecule has 0 bridgehead atoms. The molecule has 1 saturated carbocycles. The first-order chi connectivity index (χ1) is 16.9. The van der Waals surface area contributed by atoms with Crippen molar-refractivity contribution in [1.29, 1.82) is 0 Å². The van der Waals surface area contributed by atoms with Crippen LogP contribution < -0.4 is 15.6 Å². The van der Waals surface area contributed by atoms with Crippen molar-refractivity contribution in [3.63, 3.8) is 0 Å². The maximum atomic E-state index is 13.9. The van der Waals surface area contributed by atoms with Crippen LogP contribution in [0, 0.1) is 0 Å². The molecule has 9 heteroatoms. The van der Waals surface area contributed by atoms with Gasteiger partial charge in [0.1, 0.15) is 11.6 Å². The highest BCUT2D eigenvalue weighted by molar-refractivity contribution is 5.94. The van der Waals surface area contributed by atoms with Gasteiger partial charge in [-0.05, 0) is 60.9 Å². The normalized spacial score (nSPS) is 13.6. The molecule has 1 aliphatic carbocycles. The maximum absolute atomic E-state index is 13.9. The molecule has 1 aliphatic rings. The van der Waals surface area contributed by atoms with Gasteiger partial charge in [0.25, 0.3) is 5.56 Å². The topological polar surface area (TPSA) is 74.0 Å². The Kier molecular flexibility index (Phi) is 4.98. The zero-order valence-electron chi connectivity index (χ0n) is 18.8. The number of aromatic nitrogens is 4. The third kappa shape index (κ3) is 4.09. The van der Waals surface area contributed by atoms with E-state index in [4.69, 9.17) is 4.98 Å². The fourth-order valence-corrected chi connectivity index (χ4v) is 4.25. The van der Waals surface area contributed by atoms with E-state index < -0.39 is 6.61 Å². The largest absolute Gasteiger partial charge is 0.435 e. The van der Waals surface area contributed by atoms with E-state index in [1.165, 1.54) is 12.1 Å². The van der Waals surface area contributed by atoms with E-state index in [1.54, 1.807) is 27.6 Å². The van der Waals surface area contributed by atoms with Crippen LogP contribution in [-0.2, 0) is 7.05 Å². The summed E-state index contributed by atoms with van der Waals surface area (Å²) in [6, 6.07) is 15.9. The molecule has 1 N–H and O–H groups in total. The molecule has 5 aromatic rings. The molecule has 0 atom stereocenters. The molecular formula is C26H21F2N5O2. The Morgan fingerprint density at radius 2 is 1.83 bits per heavy atom. The highest BCUT2D eigenvalue weighted by Crippen LogP contribution is 2.30. The summed E-state index contributed by atoms with van der Waals surface area (Å²) >= 11 is 0. The first kappa shape index (κ1) is 21.3. The van der Waals surface area contributed by atoms with Gasteiger partial charge < -0.3 is 10.1 Å². The van der Waals surface area contributed by atoms with Crippen LogP contribution in [0.5, 0.6) is 5.75 Å². The van der Waals surface area contributed by atoms with Crippen molar-refractivity contribution in [2.75, 3.05) is 5.32 Å². The van der Waals surface area contributed by atoms with E-state index >= 15 is 0 Å². The number of anilines is 1. The molecule has 0 saturated heterocycles. The van der Waals surface area contributed by atoms with E-state index in [1.807, 2.05) is 43.6 Å². The van der Waals surface area contributed by atoms with Crippen LogP contribution >= 0.6 is 0 Å². The molecule has 6 rings (SSSR count). The number of hydrogen-bond acceptors (Lipinski definition) is 5. The van der Waals surface area contributed by atoms with Gasteiger partial charge in [-0.2, -0.15) is 13.9 Å². The maximum Gasteiger partial charge on any atom is 0.387 e. The summed E-state index contributed by atoms with van der Waals surface area (Å²) < 4.78 is 33.0. The first-order valence-corrected chi connectivity index (χ1v) is 11.3. The quantitative estimate of drug-likeness (QED) is 0.371. The lowest BCUT2D eigenvalue weighted by atomic mass is 10.0. The lowest BCUT2D eigenvalue weighted by Gasteiger charge is -2.14.